The summed E-state index contributed by atoms with van der Waals surface area (Å²) in [5, 5.41) is 2.06. The normalized spacial score (nSPS) is 13.9. The van der Waals surface area contributed by atoms with Crippen molar-refractivity contribution in [2.24, 2.45) is 0 Å². The van der Waals surface area contributed by atoms with E-state index in [0.29, 0.717) is 11.5 Å². The van der Waals surface area contributed by atoms with Crippen molar-refractivity contribution in [1.29, 1.82) is 0 Å². The number of esters is 1. The van der Waals surface area contributed by atoms with Crippen LogP contribution in [-0.4, -0.2) is 5.97 Å². The van der Waals surface area contributed by atoms with Crippen molar-refractivity contribution in [1.82, 2.24) is 0 Å². The molecule has 0 atom stereocenters. The molecule has 3 heteroatoms. The standard InChI is InChI=1S/C13H8O3/c14-13-5-6-15-11-7-9-3-1-2-4-10(9)8-12(11)16-13/h1-8H. The first-order valence-corrected chi connectivity index (χ1v) is 4.91. The minimum Gasteiger partial charge on any atom is -0.461 e. The highest BCUT2D eigenvalue weighted by Gasteiger charge is 2.13. The van der Waals surface area contributed by atoms with E-state index in [9.17, 15) is 4.79 Å². The van der Waals surface area contributed by atoms with Gasteiger partial charge in [-0.3, -0.25) is 0 Å². The largest absolute Gasteiger partial charge is 0.461 e. The molecule has 1 aliphatic rings. The number of hydrogen-bond donors (Lipinski definition) is 0. The molecule has 0 bridgehead atoms. The average Bonchev–Trinajstić information content (AvgIpc) is 2.46. The fourth-order valence-electron chi connectivity index (χ4n) is 1.68. The molecule has 1 heterocycles. The summed E-state index contributed by atoms with van der Waals surface area (Å²) in [7, 11) is 0. The van der Waals surface area contributed by atoms with E-state index in [1.54, 1.807) is 6.07 Å². The molecule has 1 aliphatic heterocycles. The summed E-state index contributed by atoms with van der Waals surface area (Å²) in [4.78, 5) is 11.2. The van der Waals surface area contributed by atoms with Crippen molar-refractivity contribution in [2.75, 3.05) is 0 Å². The van der Waals surface area contributed by atoms with E-state index in [-0.39, 0.29) is 0 Å². The number of hydrogen-bond acceptors (Lipinski definition) is 3. The molecular weight excluding hydrogens is 204 g/mol. The molecule has 0 amide bonds. The lowest BCUT2D eigenvalue weighted by molar-refractivity contribution is -0.128. The minimum atomic E-state index is -0.422. The highest BCUT2D eigenvalue weighted by molar-refractivity contribution is 5.90. The molecule has 0 aliphatic carbocycles. The Morgan fingerprint density at radius 2 is 1.62 bits per heavy atom. The van der Waals surface area contributed by atoms with E-state index in [2.05, 4.69) is 0 Å². The number of carbonyl (C=O) groups excluding carboxylic acids is 1. The van der Waals surface area contributed by atoms with Crippen molar-refractivity contribution in [3.8, 4) is 11.5 Å². The summed E-state index contributed by atoms with van der Waals surface area (Å²) >= 11 is 0. The average molecular weight is 212 g/mol. The lowest BCUT2D eigenvalue weighted by atomic mass is 10.1. The molecule has 78 valence electrons. The molecule has 2 aromatic rings. The monoisotopic (exact) mass is 212 g/mol. The van der Waals surface area contributed by atoms with E-state index in [0.717, 1.165) is 10.8 Å². The minimum absolute atomic E-state index is 0.422. The van der Waals surface area contributed by atoms with E-state index < -0.39 is 5.97 Å². The van der Waals surface area contributed by atoms with Crippen LogP contribution >= 0.6 is 0 Å². The lowest BCUT2D eigenvalue weighted by Crippen LogP contribution is -2.01. The molecule has 3 nitrogen and oxygen atoms in total. The quantitative estimate of drug-likeness (QED) is 0.497. The van der Waals surface area contributed by atoms with Crippen molar-refractivity contribution in [3.05, 3.63) is 48.7 Å². The third kappa shape index (κ3) is 1.42. The predicted molar refractivity (Wildman–Crippen MR) is 59.4 cm³/mol. The molecule has 0 saturated heterocycles. The van der Waals surface area contributed by atoms with Gasteiger partial charge in [0.05, 0.1) is 12.3 Å². The summed E-state index contributed by atoms with van der Waals surface area (Å²) in [6.45, 7) is 0. The predicted octanol–water partition coefficient (Wildman–Crippen LogP) is 2.65. The summed E-state index contributed by atoms with van der Waals surface area (Å²) in [5.74, 6) is 0.587. The Bertz CT molecular complexity index is 599. The molecule has 0 N–H and O–H groups in total. The third-order valence-electron chi connectivity index (χ3n) is 2.42. The SMILES string of the molecule is O=C1C=COc2cc3ccccc3cc2O1. The maximum absolute atomic E-state index is 11.2. The lowest BCUT2D eigenvalue weighted by Gasteiger charge is -2.07. The second-order valence-electron chi connectivity index (χ2n) is 3.49. The summed E-state index contributed by atoms with van der Waals surface area (Å²) in [6.07, 6.45) is 2.59. The van der Waals surface area contributed by atoms with Crippen LogP contribution in [0.25, 0.3) is 10.8 Å². The van der Waals surface area contributed by atoms with Gasteiger partial charge in [-0.1, -0.05) is 24.3 Å². The number of fused-ring (bicyclic) bond motifs is 2. The number of carbonyl (C=O) groups is 1. The first-order chi connectivity index (χ1) is 7.83. The highest BCUT2D eigenvalue weighted by atomic mass is 16.6. The molecule has 0 radical (unpaired) electrons. The van der Waals surface area contributed by atoms with E-state index in [1.165, 1.54) is 12.3 Å². The second-order valence-corrected chi connectivity index (χ2v) is 3.49. The van der Waals surface area contributed by atoms with Gasteiger partial charge in [-0.15, -0.1) is 0 Å². The Labute approximate surface area is 91.9 Å². The smallest absolute Gasteiger partial charge is 0.339 e. The molecule has 0 fully saturated rings. The third-order valence-corrected chi connectivity index (χ3v) is 2.42. The van der Waals surface area contributed by atoms with Crippen molar-refractivity contribution in [3.63, 3.8) is 0 Å². The van der Waals surface area contributed by atoms with Crippen LogP contribution in [0, 0.1) is 0 Å². The Morgan fingerprint density at radius 3 is 2.38 bits per heavy atom. The maximum Gasteiger partial charge on any atom is 0.339 e. The van der Waals surface area contributed by atoms with Crippen molar-refractivity contribution < 1.29 is 14.3 Å². The summed E-state index contributed by atoms with van der Waals surface area (Å²) in [6, 6.07) is 11.5. The second kappa shape index (κ2) is 3.38. The van der Waals surface area contributed by atoms with Crippen LogP contribution in [0.1, 0.15) is 0 Å². The first kappa shape index (κ1) is 8.97. The maximum atomic E-state index is 11.2. The Kier molecular flexibility index (Phi) is 1.90. The number of ether oxygens (including phenoxy) is 2. The Hall–Kier alpha value is -2.29. The van der Waals surface area contributed by atoms with E-state index in [4.69, 9.17) is 9.47 Å². The van der Waals surface area contributed by atoms with Gasteiger partial charge in [0.1, 0.15) is 0 Å². The van der Waals surface area contributed by atoms with E-state index in [1.807, 2.05) is 30.3 Å². The summed E-state index contributed by atoms with van der Waals surface area (Å²) in [5.41, 5.74) is 0. The van der Waals surface area contributed by atoms with Crippen LogP contribution in [0.4, 0.5) is 0 Å². The molecule has 0 aromatic heterocycles. The van der Waals surface area contributed by atoms with Gasteiger partial charge in [-0.05, 0) is 22.9 Å². The Morgan fingerprint density at radius 1 is 0.938 bits per heavy atom. The zero-order valence-corrected chi connectivity index (χ0v) is 8.34. The van der Waals surface area contributed by atoms with Crippen molar-refractivity contribution in [2.45, 2.75) is 0 Å². The number of rotatable bonds is 0. The number of benzene rings is 2. The van der Waals surface area contributed by atoms with Gasteiger partial charge >= 0.3 is 5.97 Å². The van der Waals surface area contributed by atoms with Crippen LogP contribution in [-0.2, 0) is 4.79 Å². The van der Waals surface area contributed by atoms with Crippen LogP contribution < -0.4 is 9.47 Å². The molecule has 0 unspecified atom stereocenters. The zero-order chi connectivity index (χ0) is 11.0. The fraction of sp³-hybridized carbons (Fsp3) is 0. The molecule has 2 aromatic carbocycles. The van der Waals surface area contributed by atoms with Gasteiger partial charge in [-0.2, -0.15) is 0 Å². The van der Waals surface area contributed by atoms with Crippen LogP contribution in [0.3, 0.4) is 0 Å². The highest BCUT2D eigenvalue weighted by Crippen LogP contribution is 2.33. The van der Waals surface area contributed by atoms with Gasteiger partial charge in [-0.25, -0.2) is 4.79 Å². The van der Waals surface area contributed by atoms with Gasteiger partial charge in [0.15, 0.2) is 11.5 Å². The first-order valence-electron chi connectivity index (χ1n) is 4.91. The molecule has 3 rings (SSSR count). The zero-order valence-electron chi connectivity index (χ0n) is 8.34. The van der Waals surface area contributed by atoms with Crippen molar-refractivity contribution >= 4 is 16.7 Å². The summed E-state index contributed by atoms with van der Waals surface area (Å²) < 4.78 is 10.4. The van der Waals surface area contributed by atoms with Gasteiger partial charge in [0, 0.05) is 0 Å². The van der Waals surface area contributed by atoms with Crippen LogP contribution in [0.2, 0.25) is 0 Å². The van der Waals surface area contributed by atoms with Gasteiger partial charge < -0.3 is 9.47 Å². The molecule has 0 spiro atoms. The van der Waals surface area contributed by atoms with Gasteiger partial charge in [0.2, 0.25) is 0 Å². The van der Waals surface area contributed by atoms with Crippen LogP contribution in [0.15, 0.2) is 48.7 Å². The molecule has 16 heavy (non-hydrogen) atoms. The van der Waals surface area contributed by atoms with Gasteiger partial charge in [0.25, 0.3) is 0 Å². The van der Waals surface area contributed by atoms with Crippen LogP contribution in [0.5, 0.6) is 11.5 Å². The Balaban J connectivity index is 2.23. The van der Waals surface area contributed by atoms with E-state index >= 15 is 0 Å². The molecule has 0 saturated carbocycles. The topological polar surface area (TPSA) is 35.5 Å². The fourth-order valence-corrected chi connectivity index (χ4v) is 1.68. The molecular formula is C13H8O3.